The minimum Gasteiger partial charge on any atom is -0.341 e. The third-order valence-corrected chi connectivity index (χ3v) is 6.74. The number of aryl methyl sites for hydroxylation is 3. The number of piperazine rings is 1. The third-order valence-electron chi connectivity index (χ3n) is 6.74. The molecule has 8 nitrogen and oxygen atoms in total. The maximum atomic E-state index is 13.7. The summed E-state index contributed by atoms with van der Waals surface area (Å²) in [7, 11) is 1.93. The van der Waals surface area contributed by atoms with E-state index >= 15 is 0 Å². The van der Waals surface area contributed by atoms with E-state index in [4.69, 9.17) is 5.10 Å². The molecule has 2 aliphatic heterocycles. The second kappa shape index (κ2) is 8.59. The molecule has 1 amide bonds. The van der Waals surface area contributed by atoms with Gasteiger partial charge in [-0.05, 0) is 38.3 Å². The lowest BCUT2D eigenvalue weighted by molar-refractivity contribution is -0.143. The highest BCUT2D eigenvalue weighted by Gasteiger charge is 2.46. The zero-order chi connectivity index (χ0) is 23.0. The van der Waals surface area contributed by atoms with Gasteiger partial charge < -0.3 is 15.1 Å². The van der Waals surface area contributed by atoms with Crippen molar-refractivity contribution >= 4 is 11.9 Å². The molecule has 2 aliphatic rings. The lowest BCUT2D eigenvalue weighted by Crippen LogP contribution is -2.67. The predicted octanol–water partition coefficient (Wildman–Crippen LogP) is 2.46. The van der Waals surface area contributed by atoms with Gasteiger partial charge in [0.2, 0.25) is 11.9 Å². The van der Waals surface area contributed by atoms with Gasteiger partial charge >= 0.3 is 0 Å². The molecule has 0 aliphatic carbocycles. The zero-order valence-electron chi connectivity index (χ0n) is 19.6. The second-order valence-corrected chi connectivity index (χ2v) is 9.20. The van der Waals surface area contributed by atoms with Crippen LogP contribution in [0.3, 0.4) is 0 Å². The van der Waals surface area contributed by atoms with Gasteiger partial charge in [0.25, 0.3) is 0 Å². The van der Waals surface area contributed by atoms with Crippen LogP contribution < -0.4 is 10.2 Å². The first-order chi connectivity index (χ1) is 15.9. The minimum atomic E-state index is -0.519. The van der Waals surface area contributed by atoms with E-state index in [-0.39, 0.29) is 5.91 Å². The van der Waals surface area contributed by atoms with Gasteiger partial charge in [-0.15, -0.1) is 0 Å². The number of hydrogen-bond donors (Lipinski definition) is 1. The summed E-state index contributed by atoms with van der Waals surface area (Å²) in [6, 6.07) is 12.2. The van der Waals surface area contributed by atoms with Crippen molar-refractivity contribution in [2.24, 2.45) is 7.05 Å². The summed E-state index contributed by atoms with van der Waals surface area (Å²) in [6.45, 7) is 7.51. The summed E-state index contributed by atoms with van der Waals surface area (Å²) in [6.07, 6.45) is 3.52. The van der Waals surface area contributed by atoms with Crippen molar-refractivity contribution in [2.75, 3.05) is 31.1 Å². The van der Waals surface area contributed by atoms with Crippen LogP contribution in [0.2, 0.25) is 0 Å². The van der Waals surface area contributed by atoms with Crippen molar-refractivity contribution in [3.05, 3.63) is 59.7 Å². The smallest absolute Gasteiger partial charge is 0.243 e. The molecule has 4 heterocycles. The number of hydrogen-bond acceptors (Lipinski definition) is 6. The molecular formula is C25H31N7O. The van der Waals surface area contributed by atoms with Gasteiger partial charge in [-0.25, -0.2) is 9.97 Å². The second-order valence-electron chi connectivity index (χ2n) is 9.20. The van der Waals surface area contributed by atoms with Crippen molar-refractivity contribution in [1.82, 2.24) is 30.0 Å². The van der Waals surface area contributed by atoms with E-state index in [1.54, 1.807) is 0 Å². The Morgan fingerprint density at radius 3 is 2.42 bits per heavy atom. The van der Waals surface area contributed by atoms with Crippen LogP contribution in [-0.4, -0.2) is 62.3 Å². The van der Waals surface area contributed by atoms with Crippen LogP contribution in [0.25, 0.3) is 11.1 Å². The quantitative estimate of drug-likeness (QED) is 0.665. The Hall–Kier alpha value is -3.26. The average Bonchev–Trinajstić information content (AvgIpc) is 3.17. The monoisotopic (exact) mass is 445 g/mol. The summed E-state index contributed by atoms with van der Waals surface area (Å²) in [5.41, 5.74) is 4.57. The van der Waals surface area contributed by atoms with Crippen LogP contribution >= 0.6 is 0 Å². The van der Waals surface area contributed by atoms with E-state index < -0.39 is 5.54 Å². The van der Waals surface area contributed by atoms with Gasteiger partial charge in [0, 0.05) is 56.4 Å². The molecule has 2 aromatic heterocycles. The van der Waals surface area contributed by atoms with E-state index in [1.807, 2.05) is 60.9 Å². The first-order valence-electron chi connectivity index (χ1n) is 11.6. The number of carbonyl (C=O) groups excluding carboxylic acids is 1. The van der Waals surface area contributed by atoms with Gasteiger partial charge in [0.15, 0.2) is 0 Å². The SMILES string of the molecule is Cc1cc(C)nc(N2CCC3(CC2)NCCN(Cc2nn(C)cc2-c2ccccc2)C3=O)n1. The van der Waals surface area contributed by atoms with E-state index in [2.05, 4.69) is 32.3 Å². The van der Waals surface area contributed by atoms with Gasteiger partial charge in [-0.3, -0.25) is 9.48 Å². The number of rotatable bonds is 4. The number of anilines is 1. The van der Waals surface area contributed by atoms with Crippen LogP contribution in [0.4, 0.5) is 5.95 Å². The molecule has 8 heteroatoms. The molecule has 33 heavy (non-hydrogen) atoms. The third kappa shape index (κ3) is 4.23. The highest BCUT2D eigenvalue weighted by atomic mass is 16.2. The Morgan fingerprint density at radius 1 is 1.03 bits per heavy atom. The fraction of sp³-hybridized carbons (Fsp3) is 0.440. The van der Waals surface area contributed by atoms with Crippen LogP contribution in [0.5, 0.6) is 0 Å². The molecule has 1 aromatic carbocycles. The summed E-state index contributed by atoms with van der Waals surface area (Å²) in [4.78, 5) is 27.1. The van der Waals surface area contributed by atoms with Crippen molar-refractivity contribution < 1.29 is 4.79 Å². The molecule has 2 saturated heterocycles. The molecule has 0 saturated carbocycles. The number of benzene rings is 1. The van der Waals surface area contributed by atoms with Gasteiger partial charge in [0.1, 0.15) is 5.54 Å². The average molecular weight is 446 g/mol. The number of amides is 1. The molecule has 0 unspecified atom stereocenters. The Balaban J connectivity index is 1.32. The van der Waals surface area contributed by atoms with Crippen LogP contribution in [0.1, 0.15) is 29.9 Å². The normalized spacial score (nSPS) is 18.2. The van der Waals surface area contributed by atoms with Crippen LogP contribution in [0, 0.1) is 13.8 Å². The molecule has 0 radical (unpaired) electrons. The number of aromatic nitrogens is 4. The van der Waals surface area contributed by atoms with Gasteiger partial charge in [-0.2, -0.15) is 5.10 Å². The molecule has 0 bridgehead atoms. The number of piperidine rings is 1. The molecule has 1 N–H and O–H groups in total. The highest BCUT2D eigenvalue weighted by Crippen LogP contribution is 2.31. The Labute approximate surface area is 194 Å². The van der Waals surface area contributed by atoms with E-state index in [9.17, 15) is 4.79 Å². The number of carbonyl (C=O) groups is 1. The van der Waals surface area contributed by atoms with Crippen molar-refractivity contribution in [2.45, 2.75) is 38.8 Å². The summed E-state index contributed by atoms with van der Waals surface area (Å²) >= 11 is 0. The molecule has 5 rings (SSSR count). The predicted molar refractivity (Wildman–Crippen MR) is 128 cm³/mol. The zero-order valence-corrected chi connectivity index (χ0v) is 19.6. The van der Waals surface area contributed by atoms with Crippen molar-refractivity contribution in [3.63, 3.8) is 0 Å². The van der Waals surface area contributed by atoms with Crippen LogP contribution in [0.15, 0.2) is 42.6 Å². The standard InChI is InChI=1S/C25H31N7O/c1-18-15-19(2)28-24(27-18)31-12-9-25(10-13-31)23(33)32(14-11-26-25)17-22-21(16-30(3)29-22)20-7-5-4-6-8-20/h4-8,15-16,26H,9-14,17H2,1-3H3. The van der Waals surface area contributed by atoms with Crippen LogP contribution in [-0.2, 0) is 18.4 Å². The number of nitrogens with one attached hydrogen (secondary N) is 1. The minimum absolute atomic E-state index is 0.180. The Bertz CT molecular complexity index is 1130. The molecule has 172 valence electrons. The van der Waals surface area contributed by atoms with Crippen molar-refractivity contribution in [1.29, 1.82) is 0 Å². The topological polar surface area (TPSA) is 79.2 Å². The first-order valence-corrected chi connectivity index (χ1v) is 11.6. The lowest BCUT2D eigenvalue weighted by atomic mass is 9.84. The summed E-state index contributed by atoms with van der Waals surface area (Å²) in [5, 5.41) is 8.26. The lowest BCUT2D eigenvalue weighted by Gasteiger charge is -2.47. The van der Waals surface area contributed by atoms with E-state index in [0.29, 0.717) is 13.1 Å². The maximum absolute atomic E-state index is 13.7. The summed E-state index contributed by atoms with van der Waals surface area (Å²) in [5.74, 6) is 0.947. The fourth-order valence-corrected chi connectivity index (χ4v) is 5.08. The van der Waals surface area contributed by atoms with Crippen molar-refractivity contribution in [3.8, 4) is 11.1 Å². The molecule has 2 fully saturated rings. The van der Waals surface area contributed by atoms with E-state index in [1.165, 1.54) is 0 Å². The Morgan fingerprint density at radius 2 is 1.73 bits per heavy atom. The van der Waals surface area contributed by atoms with Gasteiger partial charge in [0.05, 0.1) is 12.2 Å². The fourth-order valence-electron chi connectivity index (χ4n) is 5.08. The van der Waals surface area contributed by atoms with Gasteiger partial charge in [-0.1, -0.05) is 30.3 Å². The molecule has 0 atom stereocenters. The molecule has 1 spiro atoms. The summed E-state index contributed by atoms with van der Waals surface area (Å²) < 4.78 is 1.84. The van der Waals surface area contributed by atoms with E-state index in [0.717, 1.165) is 66.6 Å². The molecular weight excluding hydrogens is 414 g/mol. The highest BCUT2D eigenvalue weighted by molar-refractivity contribution is 5.87. The largest absolute Gasteiger partial charge is 0.341 e. The number of nitrogens with zero attached hydrogens (tertiary/aromatic N) is 6. The first kappa shape index (κ1) is 21.6. The molecule has 3 aromatic rings. The Kier molecular flexibility index (Phi) is 5.62. The maximum Gasteiger partial charge on any atom is 0.243 e.